The monoisotopic (exact) mass is 255 g/mol. The van der Waals surface area contributed by atoms with Crippen LogP contribution in [0.2, 0.25) is 0 Å². The van der Waals surface area contributed by atoms with Gasteiger partial charge in [-0.15, -0.1) is 11.3 Å². The zero-order chi connectivity index (χ0) is 12.3. The Morgan fingerprint density at radius 3 is 2.94 bits per heavy atom. The van der Waals surface area contributed by atoms with Crippen LogP contribution in [-0.4, -0.2) is 42.3 Å². The molecule has 2 rings (SSSR count). The quantitative estimate of drug-likeness (QED) is 0.894. The van der Waals surface area contributed by atoms with E-state index in [4.69, 9.17) is 9.84 Å². The molecule has 0 aliphatic carbocycles. The fourth-order valence-corrected chi connectivity index (χ4v) is 2.92. The average Bonchev–Trinajstić information content (AvgIpc) is 2.78. The highest BCUT2D eigenvalue weighted by molar-refractivity contribution is 7.12. The molecule has 0 bridgehead atoms. The fourth-order valence-electron chi connectivity index (χ4n) is 2.17. The van der Waals surface area contributed by atoms with Gasteiger partial charge >= 0.3 is 5.97 Å². The molecule has 94 valence electrons. The van der Waals surface area contributed by atoms with Crippen LogP contribution in [0, 0.1) is 0 Å². The summed E-state index contributed by atoms with van der Waals surface area (Å²) in [6, 6.07) is 2.41. The van der Waals surface area contributed by atoms with Crippen molar-refractivity contribution in [2.24, 2.45) is 0 Å². The number of rotatable bonds is 4. The molecule has 5 heteroatoms. The lowest BCUT2D eigenvalue weighted by molar-refractivity contribution is 0.0404. The molecule has 4 nitrogen and oxygen atoms in total. The van der Waals surface area contributed by atoms with Crippen LogP contribution >= 0.6 is 11.3 Å². The molecule has 0 atom stereocenters. The Hall–Kier alpha value is -0.910. The highest BCUT2D eigenvalue weighted by Crippen LogP contribution is 2.21. The first-order chi connectivity index (χ1) is 8.18. The number of carbonyl (C=O) groups is 1. The summed E-state index contributed by atoms with van der Waals surface area (Å²) >= 11 is 1.30. The first kappa shape index (κ1) is 12.5. The highest BCUT2D eigenvalue weighted by Gasteiger charge is 2.20. The van der Waals surface area contributed by atoms with Gasteiger partial charge in [0.25, 0.3) is 0 Å². The van der Waals surface area contributed by atoms with Gasteiger partial charge in [-0.25, -0.2) is 4.79 Å². The summed E-state index contributed by atoms with van der Waals surface area (Å²) < 4.78 is 5.33. The van der Waals surface area contributed by atoms with Crippen LogP contribution in [0.25, 0.3) is 0 Å². The highest BCUT2D eigenvalue weighted by atomic mass is 32.1. The van der Waals surface area contributed by atoms with Crippen molar-refractivity contribution in [3.05, 3.63) is 21.9 Å². The van der Waals surface area contributed by atoms with Crippen LogP contribution in [0.4, 0.5) is 0 Å². The fraction of sp³-hybridized carbons (Fsp3) is 0.583. The van der Waals surface area contributed by atoms with E-state index in [2.05, 4.69) is 11.9 Å². The lowest BCUT2D eigenvalue weighted by Gasteiger charge is -2.31. The van der Waals surface area contributed by atoms with E-state index in [1.54, 1.807) is 0 Å². The van der Waals surface area contributed by atoms with Crippen molar-refractivity contribution in [1.29, 1.82) is 0 Å². The number of aromatic carboxylic acids is 1. The van der Waals surface area contributed by atoms with Crippen molar-refractivity contribution >= 4 is 17.3 Å². The Kier molecular flexibility index (Phi) is 4.15. The SMILES string of the molecule is CN(Cc1ccsc1C(=O)O)C1CCOCC1. The second-order valence-corrected chi connectivity index (χ2v) is 5.25. The zero-order valence-corrected chi connectivity index (χ0v) is 10.7. The van der Waals surface area contributed by atoms with Crippen LogP contribution in [0.5, 0.6) is 0 Å². The van der Waals surface area contributed by atoms with Gasteiger partial charge in [0.1, 0.15) is 4.88 Å². The van der Waals surface area contributed by atoms with Crippen molar-refractivity contribution in [1.82, 2.24) is 4.90 Å². The molecular formula is C12H17NO3S. The maximum absolute atomic E-state index is 11.0. The second kappa shape index (κ2) is 5.62. The number of carboxylic acids is 1. The molecule has 2 heterocycles. The van der Waals surface area contributed by atoms with E-state index in [0.717, 1.165) is 31.6 Å². The summed E-state index contributed by atoms with van der Waals surface area (Å²) in [5.74, 6) is -0.824. The van der Waals surface area contributed by atoms with Crippen molar-refractivity contribution in [2.45, 2.75) is 25.4 Å². The third-order valence-corrected chi connectivity index (χ3v) is 4.12. The molecule has 0 radical (unpaired) electrons. The molecule has 0 amide bonds. The van der Waals surface area contributed by atoms with Gasteiger partial charge in [0.05, 0.1) is 0 Å². The summed E-state index contributed by atoms with van der Waals surface area (Å²) in [5, 5.41) is 10.9. The molecule has 0 aromatic carbocycles. The van der Waals surface area contributed by atoms with Gasteiger partial charge in [0.2, 0.25) is 0 Å². The molecule has 1 fully saturated rings. The number of nitrogens with zero attached hydrogens (tertiary/aromatic N) is 1. The van der Waals surface area contributed by atoms with Crippen LogP contribution in [0.1, 0.15) is 28.1 Å². The molecule has 1 aliphatic heterocycles. The Bertz CT molecular complexity index is 385. The predicted molar refractivity (Wildman–Crippen MR) is 66.6 cm³/mol. The van der Waals surface area contributed by atoms with Gasteiger partial charge in [-0.2, -0.15) is 0 Å². The van der Waals surface area contributed by atoms with Gasteiger partial charge in [-0.05, 0) is 36.9 Å². The normalized spacial score (nSPS) is 17.5. The first-order valence-corrected chi connectivity index (χ1v) is 6.64. The van der Waals surface area contributed by atoms with Crippen LogP contribution in [0.15, 0.2) is 11.4 Å². The van der Waals surface area contributed by atoms with Crippen molar-refractivity contribution < 1.29 is 14.6 Å². The third-order valence-electron chi connectivity index (χ3n) is 3.17. The Morgan fingerprint density at radius 2 is 2.29 bits per heavy atom. The van der Waals surface area contributed by atoms with Gasteiger partial charge in [0.15, 0.2) is 0 Å². The van der Waals surface area contributed by atoms with Crippen molar-refractivity contribution in [3.63, 3.8) is 0 Å². The summed E-state index contributed by atoms with van der Waals surface area (Å²) in [6.45, 7) is 2.32. The Labute approximate surface area is 105 Å². The van der Waals surface area contributed by atoms with Gasteiger partial charge in [-0.1, -0.05) is 0 Å². The lowest BCUT2D eigenvalue weighted by Crippen LogP contribution is -2.36. The van der Waals surface area contributed by atoms with Gasteiger partial charge < -0.3 is 9.84 Å². The number of hydrogen-bond acceptors (Lipinski definition) is 4. The second-order valence-electron chi connectivity index (χ2n) is 4.34. The largest absolute Gasteiger partial charge is 0.477 e. The molecular weight excluding hydrogens is 238 g/mol. The average molecular weight is 255 g/mol. The Morgan fingerprint density at radius 1 is 1.59 bits per heavy atom. The van der Waals surface area contributed by atoms with E-state index < -0.39 is 5.97 Å². The minimum absolute atomic E-state index is 0.462. The maximum atomic E-state index is 11.0. The molecule has 0 spiro atoms. The van der Waals surface area contributed by atoms with Crippen molar-refractivity contribution in [2.75, 3.05) is 20.3 Å². The van der Waals surface area contributed by atoms with E-state index in [0.29, 0.717) is 17.5 Å². The maximum Gasteiger partial charge on any atom is 0.346 e. The van der Waals surface area contributed by atoms with Crippen LogP contribution < -0.4 is 0 Å². The van der Waals surface area contributed by atoms with Gasteiger partial charge in [0, 0.05) is 25.8 Å². The number of thiophene rings is 1. The van der Waals surface area contributed by atoms with E-state index in [-0.39, 0.29) is 0 Å². The van der Waals surface area contributed by atoms with Gasteiger partial charge in [-0.3, -0.25) is 4.90 Å². The first-order valence-electron chi connectivity index (χ1n) is 5.76. The minimum atomic E-state index is -0.824. The molecule has 1 N–H and O–H groups in total. The Balaban J connectivity index is 1.99. The van der Waals surface area contributed by atoms with E-state index in [1.807, 2.05) is 11.4 Å². The molecule has 1 aliphatic rings. The molecule has 1 aromatic rings. The zero-order valence-electron chi connectivity index (χ0n) is 9.89. The molecule has 0 saturated carbocycles. The third kappa shape index (κ3) is 3.06. The molecule has 1 aromatic heterocycles. The van der Waals surface area contributed by atoms with Crippen molar-refractivity contribution in [3.8, 4) is 0 Å². The standard InChI is InChI=1S/C12H17NO3S/c1-13(10-2-5-16-6-3-10)8-9-4-7-17-11(9)12(14)15/h4,7,10H,2-3,5-6,8H2,1H3,(H,14,15). The van der Waals surface area contributed by atoms with E-state index in [1.165, 1.54) is 11.3 Å². The topological polar surface area (TPSA) is 49.8 Å². The van der Waals surface area contributed by atoms with Crippen LogP contribution in [0.3, 0.4) is 0 Å². The van der Waals surface area contributed by atoms with E-state index in [9.17, 15) is 4.79 Å². The lowest BCUT2D eigenvalue weighted by atomic mass is 10.1. The molecule has 17 heavy (non-hydrogen) atoms. The summed E-state index contributed by atoms with van der Waals surface area (Å²) in [4.78, 5) is 13.7. The van der Waals surface area contributed by atoms with Crippen LogP contribution in [-0.2, 0) is 11.3 Å². The summed E-state index contributed by atoms with van der Waals surface area (Å²) in [6.07, 6.45) is 2.06. The number of carboxylic acid groups (broad SMARTS) is 1. The number of ether oxygens (including phenoxy) is 1. The smallest absolute Gasteiger partial charge is 0.346 e. The summed E-state index contributed by atoms with van der Waals surface area (Å²) in [7, 11) is 2.05. The minimum Gasteiger partial charge on any atom is -0.477 e. The number of hydrogen-bond donors (Lipinski definition) is 1. The summed E-state index contributed by atoms with van der Waals surface area (Å²) in [5.41, 5.74) is 0.913. The van der Waals surface area contributed by atoms with E-state index >= 15 is 0 Å². The molecule has 1 saturated heterocycles. The molecule has 0 unspecified atom stereocenters. The predicted octanol–water partition coefficient (Wildman–Crippen LogP) is 2.06.